The van der Waals surface area contributed by atoms with Gasteiger partial charge in [0, 0.05) is 23.5 Å². The lowest BCUT2D eigenvalue weighted by molar-refractivity contribution is -0.274. The number of ether oxygens (including phenoxy) is 1. The summed E-state index contributed by atoms with van der Waals surface area (Å²) in [6, 6.07) is 18.2. The van der Waals surface area contributed by atoms with Crippen molar-refractivity contribution in [1.29, 1.82) is 0 Å². The first kappa shape index (κ1) is 26.8. The van der Waals surface area contributed by atoms with Crippen LogP contribution < -0.4 is 10.3 Å². The predicted molar refractivity (Wildman–Crippen MR) is 145 cm³/mol. The second-order valence-electron chi connectivity index (χ2n) is 8.84. The molecule has 40 heavy (non-hydrogen) atoms. The maximum atomic E-state index is 12.9. The van der Waals surface area contributed by atoms with Crippen molar-refractivity contribution < 1.29 is 27.5 Å². The number of rotatable bonds is 6. The Balaban J connectivity index is 1.60. The van der Waals surface area contributed by atoms with Crippen LogP contribution in [0.25, 0.3) is 39.0 Å². The fourth-order valence-electron chi connectivity index (χ4n) is 4.55. The third-order valence-electron chi connectivity index (χ3n) is 6.47. The third-order valence-corrected chi connectivity index (χ3v) is 6.88. The summed E-state index contributed by atoms with van der Waals surface area (Å²) < 4.78 is 44.1. The SMILES string of the molecule is Cc1c(-c2ccn3c(=O)c(C=O)cnc3c2)cccc1-c1cccc(-c2ccc(C=O)c(OC(F)(F)F)c2)c1Cl. The van der Waals surface area contributed by atoms with Gasteiger partial charge in [-0.3, -0.25) is 18.8 Å². The van der Waals surface area contributed by atoms with E-state index in [9.17, 15) is 27.6 Å². The Kier molecular flexibility index (Phi) is 6.99. The molecule has 0 saturated heterocycles. The molecule has 2 aromatic heterocycles. The fourth-order valence-corrected chi connectivity index (χ4v) is 4.89. The van der Waals surface area contributed by atoms with Gasteiger partial charge < -0.3 is 4.74 Å². The predicted octanol–water partition coefficient (Wildman–Crippen LogP) is 7.18. The summed E-state index contributed by atoms with van der Waals surface area (Å²) in [6.45, 7) is 1.90. The van der Waals surface area contributed by atoms with Gasteiger partial charge in [0.25, 0.3) is 5.56 Å². The Morgan fingerprint density at radius 2 is 1.50 bits per heavy atom. The highest BCUT2D eigenvalue weighted by molar-refractivity contribution is 6.36. The molecule has 10 heteroatoms. The van der Waals surface area contributed by atoms with Crippen LogP contribution in [0.4, 0.5) is 13.2 Å². The molecule has 0 unspecified atom stereocenters. The van der Waals surface area contributed by atoms with Gasteiger partial charge in [-0.15, -0.1) is 13.2 Å². The van der Waals surface area contributed by atoms with Crippen molar-refractivity contribution >= 4 is 29.8 Å². The molecule has 0 aliphatic carbocycles. The second kappa shape index (κ2) is 10.4. The zero-order valence-corrected chi connectivity index (χ0v) is 21.5. The number of halogens is 4. The number of alkyl halides is 3. The molecule has 3 aromatic carbocycles. The Morgan fingerprint density at radius 1 is 0.850 bits per heavy atom. The molecule has 2 heterocycles. The highest BCUT2D eigenvalue weighted by atomic mass is 35.5. The Morgan fingerprint density at radius 3 is 2.20 bits per heavy atom. The van der Waals surface area contributed by atoms with Crippen molar-refractivity contribution in [1.82, 2.24) is 9.38 Å². The number of aldehydes is 2. The number of nitrogens with zero attached hydrogens (tertiary/aromatic N) is 2. The van der Waals surface area contributed by atoms with Crippen LogP contribution in [0.1, 0.15) is 26.3 Å². The molecular formula is C30H18ClF3N2O4. The fraction of sp³-hybridized carbons (Fsp3) is 0.0667. The topological polar surface area (TPSA) is 77.7 Å². The van der Waals surface area contributed by atoms with Gasteiger partial charge in [0.15, 0.2) is 12.6 Å². The average molecular weight is 563 g/mol. The lowest BCUT2D eigenvalue weighted by atomic mass is 9.91. The summed E-state index contributed by atoms with van der Waals surface area (Å²) in [5.41, 5.74) is 4.29. The zero-order chi connectivity index (χ0) is 28.6. The maximum Gasteiger partial charge on any atom is 0.573 e. The minimum absolute atomic E-state index is 0.0455. The quantitative estimate of drug-likeness (QED) is 0.205. The molecule has 5 rings (SSSR count). The van der Waals surface area contributed by atoms with Crippen molar-refractivity contribution in [2.75, 3.05) is 0 Å². The first-order chi connectivity index (χ1) is 19.1. The number of benzene rings is 3. The molecule has 0 atom stereocenters. The van der Waals surface area contributed by atoms with Gasteiger partial charge in [0.2, 0.25) is 0 Å². The van der Waals surface area contributed by atoms with E-state index >= 15 is 0 Å². The zero-order valence-electron chi connectivity index (χ0n) is 20.7. The molecule has 0 bridgehead atoms. The van der Waals surface area contributed by atoms with Crippen LogP contribution in [-0.2, 0) is 0 Å². The second-order valence-corrected chi connectivity index (χ2v) is 9.22. The van der Waals surface area contributed by atoms with E-state index < -0.39 is 17.7 Å². The van der Waals surface area contributed by atoms with E-state index in [1.54, 1.807) is 36.5 Å². The average Bonchev–Trinajstić information content (AvgIpc) is 2.93. The monoisotopic (exact) mass is 562 g/mol. The normalized spacial score (nSPS) is 11.4. The first-order valence-corrected chi connectivity index (χ1v) is 12.2. The van der Waals surface area contributed by atoms with Gasteiger partial charge in [-0.05, 0) is 59.0 Å². The van der Waals surface area contributed by atoms with Crippen molar-refractivity contribution in [3.8, 4) is 39.1 Å². The molecule has 0 saturated carbocycles. The summed E-state index contributed by atoms with van der Waals surface area (Å²) in [6.07, 6.45) is -1.44. The maximum absolute atomic E-state index is 12.9. The molecule has 0 N–H and O–H groups in total. The number of carbonyl (C=O) groups is 2. The number of aromatic nitrogens is 2. The number of hydrogen-bond acceptors (Lipinski definition) is 5. The standard InChI is InChI=1S/C30H18ClF3N2O4/c1-17-22(19-10-11-36-27(13-19)35-14-21(16-38)29(36)39)4-2-5-23(17)25-7-3-6-24(28(25)31)18-8-9-20(15-37)26(12-18)40-30(32,33)34/h2-16H,1H3. The first-order valence-electron chi connectivity index (χ1n) is 11.8. The van der Waals surface area contributed by atoms with Crippen LogP contribution >= 0.6 is 11.6 Å². The molecule has 6 nitrogen and oxygen atoms in total. The molecular weight excluding hydrogens is 545 g/mol. The van der Waals surface area contributed by atoms with Crippen LogP contribution in [0.2, 0.25) is 5.02 Å². The van der Waals surface area contributed by atoms with Crippen molar-refractivity contribution in [2.45, 2.75) is 13.3 Å². The number of fused-ring (bicyclic) bond motifs is 1. The van der Waals surface area contributed by atoms with E-state index in [2.05, 4.69) is 9.72 Å². The van der Waals surface area contributed by atoms with Crippen molar-refractivity contribution in [3.05, 3.63) is 111 Å². The van der Waals surface area contributed by atoms with Crippen molar-refractivity contribution in [3.63, 3.8) is 0 Å². The highest BCUT2D eigenvalue weighted by Crippen LogP contribution is 2.41. The van der Waals surface area contributed by atoms with E-state index in [1.165, 1.54) is 22.7 Å². The minimum atomic E-state index is -4.97. The van der Waals surface area contributed by atoms with Crippen LogP contribution in [0, 0.1) is 6.92 Å². The summed E-state index contributed by atoms with van der Waals surface area (Å²) >= 11 is 6.82. The van der Waals surface area contributed by atoms with Crippen LogP contribution in [0.5, 0.6) is 5.75 Å². The van der Waals surface area contributed by atoms with E-state index in [0.717, 1.165) is 28.3 Å². The number of hydrogen-bond donors (Lipinski definition) is 0. The molecule has 0 aliphatic rings. The largest absolute Gasteiger partial charge is 0.573 e. The van der Waals surface area contributed by atoms with Gasteiger partial charge in [-0.25, -0.2) is 4.98 Å². The number of carbonyl (C=O) groups excluding carboxylic acids is 2. The molecule has 0 amide bonds. The minimum Gasteiger partial charge on any atom is -0.405 e. The van der Waals surface area contributed by atoms with Gasteiger partial charge in [0.05, 0.1) is 16.1 Å². The Hall–Kier alpha value is -4.76. The summed E-state index contributed by atoms with van der Waals surface area (Å²) in [5, 5.41) is 0.299. The summed E-state index contributed by atoms with van der Waals surface area (Å²) in [5.74, 6) is -0.621. The molecule has 0 spiro atoms. The molecule has 5 aromatic rings. The van der Waals surface area contributed by atoms with Gasteiger partial charge >= 0.3 is 6.36 Å². The molecule has 200 valence electrons. The summed E-state index contributed by atoms with van der Waals surface area (Å²) in [4.78, 5) is 39.0. The van der Waals surface area contributed by atoms with E-state index in [0.29, 0.717) is 33.6 Å². The van der Waals surface area contributed by atoms with Crippen LogP contribution in [0.15, 0.2) is 83.9 Å². The van der Waals surface area contributed by atoms with Crippen molar-refractivity contribution in [2.24, 2.45) is 0 Å². The van der Waals surface area contributed by atoms with Crippen LogP contribution in [-0.4, -0.2) is 28.3 Å². The van der Waals surface area contributed by atoms with E-state index in [4.69, 9.17) is 11.6 Å². The molecule has 0 fully saturated rings. The van der Waals surface area contributed by atoms with Gasteiger partial charge in [-0.2, -0.15) is 0 Å². The van der Waals surface area contributed by atoms with Crippen LogP contribution in [0.3, 0.4) is 0 Å². The Bertz CT molecular complexity index is 1870. The summed E-state index contributed by atoms with van der Waals surface area (Å²) in [7, 11) is 0. The van der Waals surface area contributed by atoms with E-state index in [-0.39, 0.29) is 17.4 Å². The van der Waals surface area contributed by atoms with Gasteiger partial charge in [0.1, 0.15) is 11.4 Å². The molecule has 0 aliphatic heterocycles. The number of pyridine rings is 1. The third kappa shape index (κ3) is 4.99. The Labute approximate surface area is 230 Å². The lowest BCUT2D eigenvalue weighted by Gasteiger charge is -2.16. The lowest BCUT2D eigenvalue weighted by Crippen LogP contribution is -2.18. The molecule has 0 radical (unpaired) electrons. The van der Waals surface area contributed by atoms with Gasteiger partial charge in [-0.1, -0.05) is 54.1 Å². The smallest absolute Gasteiger partial charge is 0.405 e. The van der Waals surface area contributed by atoms with E-state index in [1.807, 2.05) is 25.1 Å². The highest BCUT2D eigenvalue weighted by Gasteiger charge is 2.32.